The second-order valence-corrected chi connectivity index (χ2v) is 9.98. The highest BCUT2D eigenvalue weighted by Crippen LogP contribution is 2.16. The average Bonchev–Trinajstić information content (AvgIpc) is 3.00. The van der Waals surface area contributed by atoms with E-state index in [0.29, 0.717) is 27.7 Å². The molecule has 0 spiro atoms. The van der Waals surface area contributed by atoms with Crippen molar-refractivity contribution in [2.75, 3.05) is 26.8 Å². The molecule has 0 aliphatic rings. The Morgan fingerprint density at radius 2 is 1.61 bits per heavy atom. The van der Waals surface area contributed by atoms with E-state index in [1.807, 2.05) is 12.1 Å². The number of methoxy groups -OCH3 is 1. The number of hydrogen-bond donors (Lipinski definition) is 0. The number of fused-ring (bicyclic) bond motifs is 1. The van der Waals surface area contributed by atoms with Crippen molar-refractivity contribution in [3.8, 4) is 0 Å². The van der Waals surface area contributed by atoms with Gasteiger partial charge in [-0.05, 0) is 60.4 Å². The Bertz CT molecular complexity index is 1520. The molecule has 0 aliphatic heterocycles. The quantitative estimate of drug-likeness (QED) is 0.214. The molecule has 1 heterocycles. The molecule has 0 saturated heterocycles. The number of unbranched alkanes of at least 4 members (excludes halogenated alkanes) is 1. The van der Waals surface area contributed by atoms with E-state index in [9.17, 15) is 18.8 Å². The predicted molar refractivity (Wildman–Crippen MR) is 156 cm³/mol. The van der Waals surface area contributed by atoms with Crippen LogP contribution in [0, 0.1) is 5.82 Å². The van der Waals surface area contributed by atoms with Gasteiger partial charge in [-0.3, -0.25) is 14.4 Å². The third-order valence-electron chi connectivity index (χ3n) is 6.95. The Kier molecular flexibility index (Phi) is 10.4. The standard InChI is InChI=1S/C33H35FN2O5/c1-3-4-7-24-10-14-26(15-11-24)33(39)35(18-19-40-2)22-31(37)36(20-25-12-16-28(34)17-13-25)21-27-23-41-30-9-6-5-8-29(30)32(27)38/h5-6,8-17,23H,3-4,7,18-22H2,1-2H3. The number of para-hydroxylation sites is 1. The Morgan fingerprint density at radius 1 is 0.902 bits per heavy atom. The Morgan fingerprint density at radius 3 is 2.32 bits per heavy atom. The van der Waals surface area contributed by atoms with Crippen molar-refractivity contribution >= 4 is 22.8 Å². The number of benzene rings is 3. The van der Waals surface area contributed by atoms with Crippen molar-refractivity contribution in [1.29, 1.82) is 0 Å². The van der Waals surface area contributed by atoms with Crippen LogP contribution in [0.5, 0.6) is 0 Å². The third kappa shape index (κ3) is 7.89. The molecule has 2 amide bonds. The molecule has 214 valence electrons. The molecule has 1 aromatic heterocycles. The summed E-state index contributed by atoms with van der Waals surface area (Å²) in [6.45, 7) is 2.45. The fourth-order valence-corrected chi connectivity index (χ4v) is 4.57. The number of carbonyl (C=O) groups is 2. The number of halogens is 1. The van der Waals surface area contributed by atoms with E-state index in [2.05, 4.69) is 6.92 Å². The minimum atomic E-state index is -0.390. The van der Waals surface area contributed by atoms with Crippen LogP contribution in [0.15, 0.2) is 88.3 Å². The Balaban J connectivity index is 1.59. The minimum Gasteiger partial charge on any atom is -0.464 e. The summed E-state index contributed by atoms with van der Waals surface area (Å²) < 4.78 is 24.4. The zero-order valence-electron chi connectivity index (χ0n) is 23.5. The first kappa shape index (κ1) is 29.7. The van der Waals surface area contributed by atoms with E-state index in [0.717, 1.165) is 24.8 Å². The van der Waals surface area contributed by atoms with Crippen LogP contribution in [0.25, 0.3) is 11.0 Å². The van der Waals surface area contributed by atoms with Crippen LogP contribution in [0.2, 0.25) is 0 Å². The molecule has 0 aliphatic carbocycles. The van der Waals surface area contributed by atoms with E-state index in [1.165, 1.54) is 35.3 Å². The van der Waals surface area contributed by atoms with Crippen LogP contribution >= 0.6 is 0 Å². The van der Waals surface area contributed by atoms with Crippen LogP contribution < -0.4 is 5.43 Å². The lowest BCUT2D eigenvalue weighted by Crippen LogP contribution is -2.44. The molecule has 8 heteroatoms. The molecule has 41 heavy (non-hydrogen) atoms. The molecular formula is C33H35FN2O5. The topological polar surface area (TPSA) is 80.1 Å². The number of carbonyl (C=O) groups excluding carboxylic acids is 2. The van der Waals surface area contributed by atoms with Gasteiger partial charge < -0.3 is 19.0 Å². The molecule has 7 nitrogen and oxygen atoms in total. The van der Waals surface area contributed by atoms with E-state index < -0.39 is 0 Å². The van der Waals surface area contributed by atoms with Crippen molar-refractivity contribution in [3.05, 3.63) is 117 Å². The van der Waals surface area contributed by atoms with Crippen molar-refractivity contribution in [1.82, 2.24) is 9.80 Å². The van der Waals surface area contributed by atoms with Crippen molar-refractivity contribution in [3.63, 3.8) is 0 Å². The van der Waals surface area contributed by atoms with Crippen LogP contribution in [-0.2, 0) is 29.0 Å². The van der Waals surface area contributed by atoms with Gasteiger partial charge in [-0.25, -0.2) is 4.39 Å². The summed E-state index contributed by atoms with van der Waals surface area (Å²) in [5, 5.41) is 0.415. The normalized spacial score (nSPS) is 11.0. The molecule has 3 aromatic carbocycles. The van der Waals surface area contributed by atoms with Gasteiger partial charge in [0.15, 0.2) is 5.43 Å². The smallest absolute Gasteiger partial charge is 0.254 e. The summed E-state index contributed by atoms with van der Waals surface area (Å²) in [6, 6.07) is 20.2. The first-order chi connectivity index (χ1) is 19.9. The molecule has 0 saturated carbocycles. The summed E-state index contributed by atoms with van der Waals surface area (Å²) in [7, 11) is 1.53. The van der Waals surface area contributed by atoms with Crippen LogP contribution in [-0.4, -0.2) is 48.4 Å². The van der Waals surface area contributed by atoms with E-state index in [4.69, 9.17) is 9.15 Å². The molecule has 0 atom stereocenters. The van der Waals surface area contributed by atoms with Crippen LogP contribution in [0.1, 0.15) is 46.8 Å². The molecule has 0 unspecified atom stereocenters. The largest absolute Gasteiger partial charge is 0.464 e. The number of nitrogens with zero attached hydrogens (tertiary/aromatic N) is 2. The number of hydrogen-bond acceptors (Lipinski definition) is 5. The lowest BCUT2D eigenvalue weighted by atomic mass is 10.1. The summed E-state index contributed by atoms with van der Waals surface area (Å²) in [5.74, 6) is -1.05. The van der Waals surface area contributed by atoms with Gasteiger partial charge in [0.05, 0.1) is 30.4 Å². The first-order valence-electron chi connectivity index (χ1n) is 13.8. The second-order valence-electron chi connectivity index (χ2n) is 9.98. The number of rotatable bonds is 13. The van der Waals surface area contributed by atoms with Gasteiger partial charge in [-0.1, -0.05) is 49.7 Å². The lowest BCUT2D eigenvalue weighted by molar-refractivity contribution is -0.133. The maximum absolute atomic E-state index is 13.8. The number of amides is 2. The highest BCUT2D eigenvalue weighted by atomic mass is 19.1. The summed E-state index contributed by atoms with van der Waals surface area (Å²) in [4.78, 5) is 43.4. The average molecular weight is 559 g/mol. The highest BCUT2D eigenvalue weighted by Gasteiger charge is 2.24. The van der Waals surface area contributed by atoms with Gasteiger partial charge in [-0.2, -0.15) is 0 Å². The van der Waals surface area contributed by atoms with Crippen LogP contribution in [0.3, 0.4) is 0 Å². The molecule has 0 fully saturated rings. The van der Waals surface area contributed by atoms with Gasteiger partial charge in [-0.15, -0.1) is 0 Å². The predicted octanol–water partition coefficient (Wildman–Crippen LogP) is 5.59. The van der Waals surface area contributed by atoms with E-state index in [-0.39, 0.29) is 55.8 Å². The zero-order valence-corrected chi connectivity index (χ0v) is 23.5. The summed E-state index contributed by atoms with van der Waals surface area (Å²) in [6.07, 6.45) is 4.46. The maximum atomic E-state index is 13.8. The van der Waals surface area contributed by atoms with Crippen molar-refractivity contribution < 1.29 is 23.1 Å². The number of aryl methyl sites for hydroxylation is 1. The number of ether oxygens (including phenoxy) is 1. The van der Waals surface area contributed by atoms with Gasteiger partial charge in [0.2, 0.25) is 5.91 Å². The Hall–Kier alpha value is -4.30. The third-order valence-corrected chi connectivity index (χ3v) is 6.95. The fourth-order valence-electron chi connectivity index (χ4n) is 4.57. The fraction of sp³-hybridized carbons (Fsp3) is 0.303. The molecule has 0 radical (unpaired) electrons. The zero-order chi connectivity index (χ0) is 29.2. The second kappa shape index (κ2) is 14.4. The van der Waals surface area contributed by atoms with Gasteiger partial charge in [0, 0.05) is 25.8 Å². The monoisotopic (exact) mass is 558 g/mol. The van der Waals surface area contributed by atoms with Crippen LogP contribution in [0.4, 0.5) is 4.39 Å². The van der Waals surface area contributed by atoms with Crippen molar-refractivity contribution in [2.24, 2.45) is 0 Å². The first-order valence-corrected chi connectivity index (χ1v) is 13.8. The SMILES string of the molecule is CCCCc1ccc(C(=O)N(CCOC)CC(=O)N(Cc2ccc(F)cc2)Cc2coc3ccccc3c2=O)cc1. The molecule has 0 bridgehead atoms. The van der Waals surface area contributed by atoms with E-state index in [1.54, 1.807) is 48.5 Å². The Labute approximate surface area is 239 Å². The van der Waals surface area contributed by atoms with Crippen molar-refractivity contribution in [2.45, 2.75) is 39.3 Å². The molecular weight excluding hydrogens is 523 g/mol. The summed E-state index contributed by atoms with van der Waals surface area (Å²) >= 11 is 0. The lowest BCUT2D eigenvalue weighted by Gasteiger charge is -2.28. The molecule has 4 rings (SSSR count). The molecule has 4 aromatic rings. The minimum absolute atomic E-state index is 0.0399. The maximum Gasteiger partial charge on any atom is 0.254 e. The highest BCUT2D eigenvalue weighted by molar-refractivity contribution is 5.96. The van der Waals surface area contributed by atoms with E-state index >= 15 is 0 Å². The summed E-state index contributed by atoms with van der Waals surface area (Å²) in [5.41, 5.74) is 2.84. The van der Waals surface area contributed by atoms with Gasteiger partial charge >= 0.3 is 0 Å². The van der Waals surface area contributed by atoms with Gasteiger partial charge in [0.1, 0.15) is 17.9 Å². The molecule has 0 N–H and O–H groups in total. The van der Waals surface area contributed by atoms with Gasteiger partial charge in [0.25, 0.3) is 5.91 Å².